The molecule has 6 rings (SSSR count). The van der Waals surface area contributed by atoms with E-state index in [2.05, 4.69) is 20.3 Å². The van der Waals surface area contributed by atoms with Crippen LogP contribution in [0, 0.1) is 5.82 Å². The molecule has 1 amide bonds. The molecule has 0 spiro atoms. The predicted molar refractivity (Wildman–Crippen MR) is 122 cm³/mol. The molecule has 4 aromatic rings. The minimum atomic E-state index is -0.493. The van der Waals surface area contributed by atoms with E-state index in [4.69, 9.17) is 9.15 Å². The van der Waals surface area contributed by atoms with Crippen LogP contribution in [-0.2, 0) is 11.3 Å². The van der Waals surface area contributed by atoms with Gasteiger partial charge in [0.05, 0.1) is 17.1 Å². The van der Waals surface area contributed by atoms with Crippen molar-refractivity contribution >= 4 is 33.6 Å². The molecule has 2 aliphatic rings. The van der Waals surface area contributed by atoms with Crippen molar-refractivity contribution in [3.05, 3.63) is 58.6 Å². The Bertz CT molecular complexity index is 1460. The molecule has 0 radical (unpaired) electrons. The number of fused-ring (bicyclic) bond motifs is 4. The van der Waals surface area contributed by atoms with Gasteiger partial charge in [0.2, 0.25) is 5.88 Å². The highest BCUT2D eigenvalue weighted by Crippen LogP contribution is 2.36. The average molecular weight is 463 g/mol. The van der Waals surface area contributed by atoms with Crippen molar-refractivity contribution in [2.24, 2.45) is 0 Å². The fourth-order valence-electron chi connectivity index (χ4n) is 5.00. The van der Waals surface area contributed by atoms with Gasteiger partial charge in [0.1, 0.15) is 17.0 Å². The van der Waals surface area contributed by atoms with Gasteiger partial charge in [-0.2, -0.15) is 0 Å². The number of ether oxygens (including phenoxy) is 1. The number of nitrogens with one attached hydrogen (secondary N) is 2. The number of H-pyrrole nitrogens is 1. The molecule has 5 heterocycles. The van der Waals surface area contributed by atoms with Crippen LogP contribution in [-0.4, -0.2) is 39.5 Å². The number of nitrogens with zero attached hydrogens (tertiary/aromatic N) is 3. The highest BCUT2D eigenvalue weighted by atomic mass is 19.1. The number of anilines is 1. The third kappa shape index (κ3) is 3.60. The van der Waals surface area contributed by atoms with Crippen molar-refractivity contribution in [3.8, 4) is 5.88 Å². The first kappa shape index (κ1) is 20.8. The smallest absolute Gasteiger partial charge is 0.345 e. The van der Waals surface area contributed by atoms with Crippen LogP contribution in [0.2, 0.25) is 0 Å². The lowest BCUT2D eigenvalue weighted by Gasteiger charge is -2.39. The van der Waals surface area contributed by atoms with Crippen molar-refractivity contribution in [2.45, 2.75) is 44.3 Å². The monoisotopic (exact) mass is 463 g/mol. The van der Waals surface area contributed by atoms with E-state index >= 15 is 0 Å². The van der Waals surface area contributed by atoms with Gasteiger partial charge in [0, 0.05) is 36.6 Å². The number of hydrogen-bond acceptors (Lipinski definition) is 7. The van der Waals surface area contributed by atoms with Crippen LogP contribution in [0.25, 0.3) is 22.0 Å². The molecular weight excluding hydrogens is 441 g/mol. The van der Waals surface area contributed by atoms with Crippen LogP contribution < -0.4 is 20.6 Å². The highest BCUT2D eigenvalue weighted by Gasteiger charge is 2.35. The molecule has 9 nitrogen and oxygen atoms in total. The minimum Gasteiger partial charge on any atom is -0.466 e. The van der Waals surface area contributed by atoms with Crippen molar-refractivity contribution in [2.75, 3.05) is 11.5 Å². The fraction of sp³-hybridized carbons (Fsp3) is 0.333. The van der Waals surface area contributed by atoms with Gasteiger partial charge >= 0.3 is 5.63 Å². The van der Waals surface area contributed by atoms with Crippen molar-refractivity contribution in [1.82, 2.24) is 20.3 Å². The van der Waals surface area contributed by atoms with E-state index in [0.717, 1.165) is 37.6 Å². The van der Waals surface area contributed by atoms with Crippen LogP contribution in [0.5, 0.6) is 5.88 Å². The van der Waals surface area contributed by atoms with E-state index in [-0.39, 0.29) is 30.2 Å². The lowest BCUT2D eigenvalue weighted by Crippen LogP contribution is -2.49. The Kier molecular flexibility index (Phi) is 5.02. The van der Waals surface area contributed by atoms with Gasteiger partial charge in [-0.25, -0.2) is 14.2 Å². The van der Waals surface area contributed by atoms with Crippen molar-refractivity contribution in [1.29, 1.82) is 0 Å². The summed E-state index contributed by atoms with van der Waals surface area (Å²) in [7, 11) is 0. The molecule has 10 heteroatoms. The number of rotatable bonds is 4. The van der Waals surface area contributed by atoms with Crippen LogP contribution in [0.1, 0.15) is 31.4 Å². The molecule has 2 N–H and O–H groups in total. The number of hydrogen-bond donors (Lipinski definition) is 2. The van der Waals surface area contributed by atoms with Gasteiger partial charge in [-0.1, -0.05) is 0 Å². The molecule has 1 aliphatic heterocycles. The molecule has 1 fully saturated rings. The molecule has 1 aliphatic carbocycles. The van der Waals surface area contributed by atoms with Crippen molar-refractivity contribution in [3.63, 3.8) is 0 Å². The maximum absolute atomic E-state index is 13.8. The van der Waals surface area contributed by atoms with Crippen LogP contribution in [0.4, 0.5) is 10.1 Å². The Morgan fingerprint density at radius 2 is 2.03 bits per heavy atom. The average Bonchev–Trinajstić information content (AvgIpc) is 3.29. The summed E-state index contributed by atoms with van der Waals surface area (Å²) in [5, 5.41) is 4.03. The highest BCUT2D eigenvalue weighted by molar-refractivity contribution is 5.99. The molecule has 174 valence electrons. The molecule has 0 saturated heterocycles. The SMILES string of the molecule is O=C1COc2ncc(F)cc2N1[C@H]1CC[C@H](NCc2cc3c(=O)oc4cccnc4c3[nH]2)CC1. The Hall–Kier alpha value is -3.79. The summed E-state index contributed by atoms with van der Waals surface area (Å²) in [5.74, 6) is -0.367. The number of halogens is 1. The summed E-state index contributed by atoms with van der Waals surface area (Å²) in [6.07, 6.45) is 6.05. The summed E-state index contributed by atoms with van der Waals surface area (Å²) in [6, 6.07) is 6.81. The second-order valence-corrected chi connectivity index (χ2v) is 8.74. The van der Waals surface area contributed by atoms with E-state index in [0.29, 0.717) is 40.1 Å². The maximum atomic E-state index is 13.8. The molecule has 4 aromatic heterocycles. The van der Waals surface area contributed by atoms with Gasteiger partial charge < -0.3 is 24.4 Å². The van der Waals surface area contributed by atoms with Crippen molar-refractivity contribution < 1.29 is 18.3 Å². The number of pyridine rings is 2. The van der Waals surface area contributed by atoms with Gasteiger partial charge in [-0.15, -0.1) is 0 Å². The van der Waals surface area contributed by atoms with Gasteiger partial charge in [0.25, 0.3) is 5.91 Å². The van der Waals surface area contributed by atoms with Crippen LogP contribution in [0.3, 0.4) is 0 Å². The second-order valence-electron chi connectivity index (χ2n) is 8.74. The Balaban J connectivity index is 1.13. The molecular formula is C24H22FN5O4. The maximum Gasteiger partial charge on any atom is 0.345 e. The van der Waals surface area contributed by atoms with Gasteiger partial charge in [-0.3, -0.25) is 9.78 Å². The normalized spacial score (nSPS) is 20.5. The fourth-order valence-corrected chi connectivity index (χ4v) is 5.00. The topological polar surface area (TPSA) is 113 Å². The molecule has 0 aromatic carbocycles. The number of carbonyl (C=O) groups is 1. The zero-order valence-electron chi connectivity index (χ0n) is 18.2. The lowest BCUT2D eigenvalue weighted by molar-refractivity contribution is -0.122. The summed E-state index contributed by atoms with van der Waals surface area (Å²) in [6.45, 7) is 0.480. The van der Waals surface area contributed by atoms with E-state index in [1.54, 1.807) is 29.3 Å². The van der Waals surface area contributed by atoms with Gasteiger partial charge in [-0.05, 0) is 43.9 Å². The first-order chi connectivity index (χ1) is 16.6. The quantitative estimate of drug-likeness (QED) is 0.478. The molecule has 1 saturated carbocycles. The number of aromatic amines is 1. The first-order valence-corrected chi connectivity index (χ1v) is 11.3. The first-order valence-electron chi connectivity index (χ1n) is 11.3. The lowest BCUT2D eigenvalue weighted by atomic mass is 9.89. The number of aromatic nitrogens is 3. The largest absolute Gasteiger partial charge is 0.466 e. The molecule has 0 atom stereocenters. The standard InChI is InChI=1S/C24H22FN5O4/c25-13-8-18-23(28-10-13)33-12-20(31)30(18)16-5-3-14(4-6-16)27-11-15-9-17-21(29-15)22-19(34-24(17)32)2-1-7-26-22/h1-2,7-10,14,16,27,29H,3-6,11-12H2/t14-,16-. The Labute approximate surface area is 192 Å². The Morgan fingerprint density at radius 1 is 1.18 bits per heavy atom. The van der Waals surface area contributed by atoms with E-state index in [1.807, 2.05) is 0 Å². The molecule has 34 heavy (non-hydrogen) atoms. The van der Waals surface area contributed by atoms with E-state index in [1.165, 1.54) is 6.07 Å². The third-order valence-corrected chi connectivity index (χ3v) is 6.61. The van der Waals surface area contributed by atoms with Crippen LogP contribution in [0.15, 0.2) is 45.9 Å². The zero-order chi connectivity index (χ0) is 23.2. The Morgan fingerprint density at radius 3 is 2.88 bits per heavy atom. The molecule has 0 unspecified atom stereocenters. The second kappa shape index (κ2) is 8.21. The summed E-state index contributed by atoms with van der Waals surface area (Å²) < 4.78 is 24.5. The summed E-state index contributed by atoms with van der Waals surface area (Å²) >= 11 is 0. The summed E-state index contributed by atoms with van der Waals surface area (Å²) in [4.78, 5) is 38.2. The summed E-state index contributed by atoms with van der Waals surface area (Å²) in [5.41, 5.74) is 2.66. The van der Waals surface area contributed by atoms with E-state index in [9.17, 15) is 14.0 Å². The van der Waals surface area contributed by atoms with Gasteiger partial charge in [0.15, 0.2) is 12.2 Å². The number of amides is 1. The van der Waals surface area contributed by atoms with Crippen LogP contribution >= 0.6 is 0 Å². The van der Waals surface area contributed by atoms with E-state index < -0.39 is 5.82 Å². The zero-order valence-corrected chi connectivity index (χ0v) is 18.2. The third-order valence-electron chi connectivity index (χ3n) is 6.61. The minimum absolute atomic E-state index is 0.0213. The molecule has 0 bridgehead atoms. The number of carbonyl (C=O) groups excluding carboxylic acids is 1. The predicted octanol–water partition coefficient (Wildman–Crippen LogP) is 3.03.